The average molecular weight is 432 g/mol. The van der Waals surface area contributed by atoms with E-state index in [4.69, 9.17) is 4.74 Å². The topological polar surface area (TPSA) is 63.5 Å². The number of hydrogen-bond donors (Lipinski definition) is 0. The van der Waals surface area contributed by atoms with Crippen LogP contribution in [-0.2, 0) is 13.0 Å². The number of amides is 1. The summed E-state index contributed by atoms with van der Waals surface area (Å²) in [6.45, 7) is 9.05. The summed E-state index contributed by atoms with van der Waals surface area (Å²) < 4.78 is 7.41. The molecule has 5 rings (SSSR count). The molecule has 0 N–H and O–H groups in total. The van der Waals surface area contributed by atoms with E-state index in [1.54, 1.807) is 17.1 Å². The van der Waals surface area contributed by atoms with Gasteiger partial charge in [0.25, 0.3) is 5.91 Å². The minimum atomic E-state index is 0.0604. The fraction of sp³-hybridized carbons (Fsp3) is 0.400. The second-order valence-electron chi connectivity index (χ2n) is 8.81. The first-order valence-electron chi connectivity index (χ1n) is 11.4. The van der Waals surface area contributed by atoms with Crippen molar-refractivity contribution < 1.29 is 9.53 Å². The van der Waals surface area contributed by atoms with Gasteiger partial charge >= 0.3 is 0 Å². The lowest BCUT2D eigenvalue weighted by molar-refractivity contribution is 0.0627. The maximum atomic E-state index is 13.4. The highest BCUT2D eigenvalue weighted by Gasteiger charge is 2.28. The molecule has 3 aromatic rings. The summed E-state index contributed by atoms with van der Waals surface area (Å²) >= 11 is 0. The number of carbonyl (C=O) groups is 1. The lowest BCUT2D eigenvalue weighted by atomic mass is 10.0. The standard InChI is InChI=1S/C25H29N5O2/c1-18(2)24-21(16-27-30(24)23-5-3-4-9-26-23)25(31)29-12-10-28(11-13-29)17-19-6-7-22-20(15-19)8-14-32-22/h3-7,9,15-16,18H,8,10-14,17H2,1-2H3. The molecule has 1 amide bonds. The van der Waals surface area contributed by atoms with E-state index < -0.39 is 0 Å². The Morgan fingerprint density at radius 3 is 2.72 bits per heavy atom. The monoisotopic (exact) mass is 431 g/mol. The van der Waals surface area contributed by atoms with E-state index in [0.29, 0.717) is 5.56 Å². The predicted molar refractivity (Wildman–Crippen MR) is 122 cm³/mol. The molecular weight excluding hydrogens is 402 g/mol. The molecule has 32 heavy (non-hydrogen) atoms. The van der Waals surface area contributed by atoms with Gasteiger partial charge in [-0.3, -0.25) is 9.69 Å². The molecule has 0 spiro atoms. The highest BCUT2D eigenvalue weighted by atomic mass is 16.5. The van der Waals surface area contributed by atoms with Gasteiger partial charge < -0.3 is 9.64 Å². The SMILES string of the molecule is CC(C)c1c(C(=O)N2CCN(Cc3ccc4c(c3)CCO4)CC2)cnn1-c1ccccn1. The number of aromatic nitrogens is 3. The summed E-state index contributed by atoms with van der Waals surface area (Å²) in [5.41, 5.74) is 4.21. The van der Waals surface area contributed by atoms with Gasteiger partial charge in [-0.15, -0.1) is 0 Å². The molecule has 1 fully saturated rings. The summed E-state index contributed by atoms with van der Waals surface area (Å²) in [5, 5.41) is 4.51. The minimum Gasteiger partial charge on any atom is -0.493 e. The van der Waals surface area contributed by atoms with Gasteiger partial charge in [-0.1, -0.05) is 32.0 Å². The molecule has 1 aromatic carbocycles. The van der Waals surface area contributed by atoms with Crippen molar-refractivity contribution in [3.05, 3.63) is 71.2 Å². The van der Waals surface area contributed by atoms with Crippen LogP contribution in [0.5, 0.6) is 5.75 Å². The van der Waals surface area contributed by atoms with Crippen LogP contribution < -0.4 is 4.74 Å². The molecule has 0 unspecified atom stereocenters. The van der Waals surface area contributed by atoms with Crippen molar-refractivity contribution in [2.45, 2.75) is 32.7 Å². The van der Waals surface area contributed by atoms with Crippen LogP contribution >= 0.6 is 0 Å². The van der Waals surface area contributed by atoms with Gasteiger partial charge in [-0.05, 0) is 35.2 Å². The van der Waals surface area contributed by atoms with Crippen LogP contribution in [0.25, 0.3) is 5.82 Å². The third-order valence-corrected chi connectivity index (χ3v) is 6.27. The molecule has 7 heteroatoms. The van der Waals surface area contributed by atoms with Crippen molar-refractivity contribution >= 4 is 5.91 Å². The Kier molecular flexibility index (Phi) is 5.66. The van der Waals surface area contributed by atoms with Crippen LogP contribution in [0.1, 0.15) is 46.9 Å². The number of fused-ring (bicyclic) bond motifs is 1. The zero-order valence-corrected chi connectivity index (χ0v) is 18.7. The average Bonchev–Trinajstić information content (AvgIpc) is 3.47. The van der Waals surface area contributed by atoms with Gasteiger partial charge in [0.1, 0.15) is 5.75 Å². The molecule has 0 saturated carbocycles. The van der Waals surface area contributed by atoms with Crippen LogP contribution in [-0.4, -0.2) is 63.3 Å². The van der Waals surface area contributed by atoms with Gasteiger partial charge in [0.15, 0.2) is 5.82 Å². The molecule has 0 atom stereocenters. The van der Waals surface area contributed by atoms with E-state index >= 15 is 0 Å². The van der Waals surface area contributed by atoms with Gasteiger partial charge in [0.05, 0.1) is 24.1 Å². The molecule has 2 aliphatic rings. The zero-order valence-electron chi connectivity index (χ0n) is 18.7. The van der Waals surface area contributed by atoms with Gasteiger partial charge in [0.2, 0.25) is 0 Å². The fourth-order valence-electron chi connectivity index (χ4n) is 4.62. The first-order chi connectivity index (χ1) is 15.6. The molecular formula is C25H29N5O2. The lowest BCUT2D eigenvalue weighted by Crippen LogP contribution is -2.48. The van der Waals surface area contributed by atoms with Crippen molar-refractivity contribution in [2.24, 2.45) is 0 Å². The Labute approximate surface area is 188 Å². The number of nitrogens with zero attached hydrogens (tertiary/aromatic N) is 5. The molecule has 4 heterocycles. The van der Waals surface area contributed by atoms with Crippen LogP contribution in [0, 0.1) is 0 Å². The first-order valence-corrected chi connectivity index (χ1v) is 11.4. The molecule has 2 aliphatic heterocycles. The number of benzene rings is 1. The second-order valence-corrected chi connectivity index (χ2v) is 8.81. The summed E-state index contributed by atoms with van der Waals surface area (Å²) in [6, 6.07) is 12.2. The molecule has 7 nitrogen and oxygen atoms in total. The van der Waals surface area contributed by atoms with Gasteiger partial charge in [-0.25, -0.2) is 9.67 Å². The van der Waals surface area contributed by atoms with Crippen LogP contribution in [0.4, 0.5) is 0 Å². The second kappa shape index (κ2) is 8.74. The van der Waals surface area contributed by atoms with Crippen molar-refractivity contribution in [2.75, 3.05) is 32.8 Å². The number of rotatable bonds is 5. The third-order valence-electron chi connectivity index (χ3n) is 6.27. The molecule has 1 saturated heterocycles. The summed E-state index contributed by atoms with van der Waals surface area (Å²) in [4.78, 5) is 22.2. The molecule has 2 aromatic heterocycles. The molecule has 0 aliphatic carbocycles. The Balaban J connectivity index is 1.26. The number of piperazine rings is 1. The summed E-state index contributed by atoms with van der Waals surface area (Å²) in [7, 11) is 0. The van der Waals surface area contributed by atoms with Crippen molar-refractivity contribution in [3.8, 4) is 11.6 Å². The van der Waals surface area contributed by atoms with Crippen molar-refractivity contribution in [1.29, 1.82) is 0 Å². The van der Waals surface area contributed by atoms with Crippen LogP contribution in [0.15, 0.2) is 48.8 Å². The van der Waals surface area contributed by atoms with E-state index in [-0.39, 0.29) is 11.8 Å². The fourth-order valence-corrected chi connectivity index (χ4v) is 4.62. The minimum absolute atomic E-state index is 0.0604. The summed E-state index contributed by atoms with van der Waals surface area (Å²) in [6.07, 6.45) is 4.44. The molecule has 0 bridgehead atoms. The number of hydrogen-bond acceptors (Lipinski definition) is 5. The van der Waals surface area contributed by atoms with Gasteiger partial charge in [0, 0.05) is 45.3 Å². The highest BCUT2D eigenvalue weighted by molar-refractivity contribution is 5.95. The zero-order chi connectivity index (χ0) is 22.1. The van der Waals surface area contributed by atoms with E-state index in [2.05, 4.69) is 47.0 Å². The highest BCUT2D eigenvalue weighted by Crippen LogP contribution is 2.27. The van der Waals surface area contributed by atoms with Crippen molar-refractivity contribution in [3.63, 3.8) is 0 Å². The van der Waals surface area contributed by atoms with Crippen LogP contribution in [0.2, 0.25) is 0 Å². The Morgan fingerprint density at radius 1 is 1.12 bits per heavy atom. The smallest absolute Gasteiger partial charge is 0.257 e. The number of carbonyl (C=O) groups excluding carboxylic acids is 1. The van der Waals surface area contributed by atoms with E-state index in [1.807, 2.05) is 23.1 Å². The maximum absolute atomic E-state index is 13.4. The normalized spacial score (nSPS) is 16.3. The largest absolute Gasteiger partial charge is 0.493 e. The Bertz CT molecular complexity index is 1100. The van der Waals surface area contributed by atoms with E-state index in [9.17, 15) is 4.79 Å². The van der Waals surface area contributed by atoms with Gasteiger partial charge in [-0.2, -0.15) is 5.10 Å². The third kappa shape index (κ3) is 4.00. The quantitative estimate of drug-likeness (QED) is 0.620. The molecule has 166 valence electrons. The summed E-state index contributed by atoms with van der Waals surface area (Å²) in [5.74, 6) is 1.98. The number of pyridine rings is 1. The maximum Gasteiger partial charge on any atom is 0.257 e. The lowest BCUT2D eigenvalue weighted by Gasteiger charge is -2.35. The van der Waals surface area contributed by atoms with Crippen molar-refractivity contribution in [1.82, 2.24) is 24.6 Å². The number of ether oxygens (including phenoxy) is 1. The first kappa shape index (κ1) is 20.7. The Hall–Kier alpha value is -3.19. The predicted octanol–water partition coefficient (Wildman–Crippen LogP) is 3.28. The van der Waals surface area contributed by atoms with Crippen LogP contribution in [0.3, 0.4) is 0 Å². The van der Waals surface area contributed by atoms with E-state index in [1.165, 1.54) is 11.1 Å². The molecule has 0 radical (unpaired) electrons. The van der Waals surface area contributed by atoms with E-state index in [0.717, 1.165) is 63.0 Å². The Morgan fingerprint density at radius 2 is 1.97 bits per heavy atom.